The van der Waals surface area contributed by atoms with Gasteiger partial charge in [-0.2, -0.15) is 0 Å². The maximum Gasteiger partial charge on any atom is 0.119 e. The molecule has 0 unspecified atom stereocenters. The van der Waals surface area contributed by atoms with Crippen LogP contribution in [0.1, 0.15) is 12.5 Å². The molecule has 100 valence electrons. The van der Waals surface area contributed by atoms with Crippen LogP contribution in [-0.2, 0) is 6.42 Å². The van der Waals surface area contributed by atoms with E-state index in [1.165, 1.54) is 5.56 Å². The number of anilines is 1. The monoisotopic (exact) mass is 275 g/mol. The molecule has 0 heterocycles. The largest absolute Gasteiger partial charge is 0.492 e. The van der Waals surface area contributed by atoms with Crippen molar-refractivity contribution in [2.24, 2.45) is 0 Å². The van der Waals surface area contributed by atoms with Gasteiger partial charge in [-0.05, 0) is 42.3 Å². The standard InChI is InChI=1S/C16H18ClNO/c1-2-13-5-3-8-16(11-13)19-10-9-18-15-7-4-6-14(17)12-15/h3-8,11-12,18H,2,9-10H2,1H3. The zero-order valence-corrected chi connectivity index (χ0v) is 11.8. The molecule has 0 spiro atoms. The van der Waals surface area contributed by atoms with Gasteiger partial charge in [0.15, 0.2) is 0 Å². The average Bonchev–Trinajstić information content (AvgIpc) is 2.44. The third kappa shape index (κ3) is 4.49. The van der Waals surface area contributed by atoms with Gasteiger partial charge in [-0.1, -0.05) is 36.7 Å². The van der Waals surface area contributed by atoms with Gasteiger partial charge in [-0.15, -0.1) is 0 Å². The van der Waals surface area contributed by atoms with Crippen LogP contribution in [0.15, 0.2) is 48.5 Å². The number of rotatable bonds is 6. The van der Waals surface area contributed by atoms with Crippen molar-refractivity contribution in [2.75, 3.05) is 18.5 Å². The van der Waals surface area contributed by atoms with Gasteiger partial charge in [0, 0.05) is 17.3 Å². The van der Waals surface area contributed by atoms with Crippen molar-refractivity contribution in [3.05, 3.63) is 59.1 Å². The Bertz CT molecular complexity index is 528. The van der Waals surface area contributed by atoms with Gasteiger partial charge in [0.25, 0.3) is 0 Å². The number of hydrogen-bond donors (Lipinski definition) is 1. The van der Waals surface area contributed by atoms with E-state index in [4.69, 9.17) is 16.3 Å². The first-order chi connectivity index (χ1) is 9.28. The van der Waals surface area contributed by atoms with E-state index in [1.807, 2.05) is 36.4 Å². The molecule has 2 rings (SSSR count). The van der Waals surface area contributed by atoms with Crippen LogP contribution in [0.4, 0.5) is 5.69 Å². The Morgan fingerprint density at radius 1 is 1.11 bits per heavy atom. The summed E-state index contributed by atoms with van der Waals surface area (Å²) < 4.78 is 5.70. The minimum atomic E-state index is 0.625. The fourth-order valence-electron chi connectivity index (χ4n) is 1.82. The molecule has 2 nitrogen and oxygen atoms in total. The summed E-state index contributed by atoms with van der Waals surface area (Å²) in [7, 11) is 0. The molecule has 0 aromatic heterocycles. The van der Waals surface area contributed by atoms with Gasteiger partial charge < -0.3 is 10.1 Å². The normalized spacial score (nSPS) is 10.2. The topological polar surface area (TPSA) is 21.3 Å². The fourth-order valence-corrected chi connectivity index (χ4v) is 2.01. The summed E-state index contributed by atoms with van der Waals surface area (Å²) in [6, 6.07) is 15.9. The summed E-state index contributed by atoms with van der Waals surface area (Å²) >= 11 is 5.92. The van der Waals surface area contributed by atoms with Gasteiger partial charge in [-0.3, -0.25) is 0 Å². The number of halogens is 1. The lowest BCUT2D eigenvalue weighted by atomic mass is 10.2. The van der Waals surface area contributed by atoms with Crippen molar-refractivity contribution < 1.29 is 4.74 Å². The Balaban J connectivity index is 1.77. The van der Waals surface area contributed by atoms with E-state index >= 15 is 0 Å². The van der Waals surface area contributed by atoms with Crippen molar-refractivity contribution in [1.82, 2.24) is 0 Å². The van der Waals surface area contributed by atoms with Gasteiger partial charge in [-0.25, -0.2) is 0 Å². The molecule has 0 amide bonds. The number of hydrogen-bond acceptors (Lipinski definition) is 2. The highest BCUT2D eigenvalue weighted by molar-refractivity contribution is 6.30. The molecule has 0 radical (unpaired) electrons. The molecule has 0 bridgehead atoms. The van der Waals surface area contributed by atoms with Crippen molar-refractivity contribution >= 4 is 17.3 Å². The van der Waals surface area contributed by atoms with Crippen LogP contribution < -0.4 is 10.1 Å². The second-order valence-electron chi connectivity index (χ2n) is 4.29. The second kappa shape index (κ2) is 7.05. The summed E-state index contributed by atoms with van der Waals surface area (Å²) in [6.07, 6.45) is 1.03. The third-order valence-electron chi connectivity index (χ3n) is 2.83. The minimum Gasteiger partial charge on any atom is -0.492 e. The molecule has 2 aromatic rings. The van der Waals surface area contributed by atoms with E-state index in [0.29, 0.717) is 6.61 Å². The maximum atomic E-state index is 5.92. The Morgan fingerprint density at radius 2 is 1.95 bits per heavy atom. The predicted octanol–water partition coefficient (Wildman–Crippen LogP) is 4.39. The first-order valence-corrected chi connectivity index (χ1v) is 6.87. The van der Waals surface area contributed by atoms with Crippen LogP contribution in [0.5, 0.6) is 5.75 Å². The zero-order chi connectivity index (χ0) is 13.5. The average molecular weight is 276 g/mol. The molecule has 0 saturated carbocycles. The molecule has 0 aliphatic carbocycles. The molecule has 19 heavy (non-hydrogen) atoms. The molecule has 0 saturated heterocycles. The van der Waals surface area contributed by atoms with Crippen LogP contribution in [0, 0.1) is 0 Å². The van der Waals surface area contributed by atoms with E-state index in [1.54, 1.807) is 0 Å². The van der Waals surface area contributed by atoms with E-state index < -0.39 is 0 Å². The van der Waals surface area contributed by atoms with E-state index in [0.717, 1.165) is 29.4 Å². The summed E-state index contributed by atoms with van der Waals surface area (Å²) in [5, 5.41) is 4.01. The molecule has 3 heteroatoms. The van der Waals surface area contributed by atoms with Crippen molar-refractivity contribution in [3.63, 3.8) is 0 Å². The van der Waals surface area contributed by atoms with Crippen molar-refractivity contribution in [1.29, 1.82) is 0 Å². The molecule has 0 atom stereocenters. The number of nitrogens with one attached hydrogen (secondary N) is 1. The van der Waals surface area contributed by atoms with Crippen LogP contribution in [0.2, 0.25) is 5.02 Å². The van der Waals surface area contributed by atoms with Gasteiger partial charge in [0.2, 0.25) is 0 Å². The predicted molar refractivity (Wildman–Crippen MR) is 81.3 cm³/mol. The summed E-state index contributed by atoms with van der Waals surface area (Å²) in [6.45, 7) is 3.51. The quantitative estimate of drug-likeness (QED) is 0.789. The van der Waals surface area contributed by atoms with Gasteiger partial charge in [0.05, 0.1) is 0 Å². The highest BCUT2D eigenvalue weighted by Gasteiger charge is 1.96. The van der Waals surface area contributed by atoms with Crippen molar-refractivity contribution in [3.8, 4) is 5.75 Å². The maximum absolute atomic E-state index is 5.92. The highest BCUT2D eigenvalue weighted by Crippen LogP contribution is 2.15. The Hall–Kier alpha value is -1.67. The SMILES string of the molecule is CCc1cccc(OCCNc2cccc(Cl)c2)c1. The zero-order valence-electron chi connectivity index (χ0n) is 11.0. The highest BCUT2D eigenvalue weighted by atomic mass is 35.5. The van der Waals surface area contributed by atoms with Crippen LogP contribution in [0.3, 0.4) is 0 Å². The summed E-state index contributed by atoms with van der Waals surface area (Å²) in [4.78, 5) is 0. The summed E-state index contributed by atoms with van der Waals surface area (Å²) in [5.41, 5.74) is 2.30. The molecular weight excluding hydrogens is 258 g/mol. The number of aryl methyl sites for hydroxylation is 1. The molecule has 0 aliphatic rings. The molecular formula is C16H18ClNO. The van der Waals surface area contributed by atoms with Crippen LogP contribution in [0.25, 0.3) is 0 Å². The fraction of sp³-hybridized carbons (Fsp3) is 0.250. The first-order valence-electron chi connectivity index (χ1n) is 6.49. The Morgan fingerprint density at radius 3 is 2.74 bits per heavy atom. The van der Waals surface area contributed by atoms with Gasteiger partial charge >= 0.3 is 0 Å². The lowest BCUT2D eigenvalue weighted by molar-refractivity contribution is 0.332. The van der Waals surface area contributed by atoms with E-state index in [-0.39, 0.29) is 0 Å². The smallest absolute Gasteiger partial charge is 0.119 e. The Labute approximate surface area is 119 Å². The molecule has 1 N–H and O–H groups in total. The molecule has 0 fully saturated rings. The van der Waals surface area contributed by atoms with Crippen molar-refractivity contribution in [2.45, 2.75) is 13.3 Å². The lowest BCUT2D eigenvalue weighted by Gasteiger charge is -2.09. The van der Waals surface area contributed by atoms with Crippen LogP contribution >= 0.6 is 11.6 Å². The van der Waals surface area contributed by atoms with E-state index in [9.17, 15) is 0 Å². The third-order valence-corrected chi connectivity index (χ3v) is 3.07. The lowest BCUT2D eigenvalue weighted by Crippen LogP contribution is -2.11. The number of benzene rings is 2. The first kappa shape index (κ1) is 13.8. The van der Waals surface area contributed by atoms with Crippen LogP contribution in [-0.4, -0.2) is 13.2 Å². The van der Waals surface area contributed by atoms with Gasteiger partial charge in [0.1, 0.15) is 12.4 Å². The minimum absolute atomic E-state index is 0.625. The molecule has 0 aliphatic heterocycles. The summed E-state index contributed by atoms with van der Waals surface area (Å²) in [5.74, 6) is 0.923. The Kier molecular flexibility index (Phi) is 5.10. The number of ether oxygens (including phenoxy) is 1. The second-order valence-corrected chi connectivity index (χ2v) is 4.72. The van der Waals surface area contributed by atoms with E-state index in [2.05, 4.69) is 24.4 Å². The molecule has 2 aromatic carbocycles.